The standard InChI is InChI=1S/C16H18ClN5O2/c1-10-8-14(20-22(10)12-5-2-4-11(17)9-12)19-16(24)21-7-3-6-13(21)15(18)23/h2,4-5,8-9,13H,3,6-7H2,1H3,(H2,18,23)(H,19,20,24). The van der Waals surface area contributed by atoms with Gasteiger partial charge in [-0.25, -0.2) is 9.48 Å². The fourth-order valence-electron chi connectivity index (χ4n) is 2.89. The normalized spacial score (nSPS) is 17.1. The van der Waals surface area contributed by atoms with Crippen molar-refractivity contribution in [3.8, 4) is 5.69 Å². The minimum atomic E-state index is -0.555. The SMILES string of the molecule is Cc1cc(NC(=O)N2CCCC2C(N)=O)nn1-c1cccc(Cl)c1. The molecule has 3 N–H and O–H groups in total. The van der Waals surface area contributed by atoms with Gasteiger partial charge in [0, 0.05) is 23.3 Å². The Morgan fingerprint density at radius 2 is 2.17 bits per heavy atom. The fraction of sp³-hybridized carbons (Fsp3) is 0.312. The van der Waals surface area contributed by atoms with Gasteiger partial charge in [0.05, 0.1) is 5.69 Å². The summed E-state index contributed by atoms with van der Waals surface area (Å²) in [5.74, 6) is -0.0733. The topological polar surface area (TPSA) is 93.2 Å². The molecular formula is C16H18ClN5O2. The van der Waals surface area contributed by atoms with Crippen LogP contribution in [0.5, 0.6) is 0 Å². The summed E-state index contributed by atoms with van der Waals surface area (Å²) >= 11 is 6.01. The summed E-state index contributed by atoms with van der Waals surface area (Å²) in [4.78, 5) is 25.2. The number of primary amides is 1. The number of amides is 3. The van der Waals surface area contributed by atoms with Crippen LogP contribution in [0.3, 0.4) is 0 Å². The Morgan fingerprint density at radius 3 is 2.88 bits per heavy atom. The number of aryl methyl sites for hydroxylation is 1. The molecule has 1 unspecified atom stereocenters. The van der Waals surface area contributed by atoms with E-state index in [9.17, 15) is 9.59 Å². The lowest BCUT2D eigenvalue weighted by Crippen LogP contribution is -2.45. The number of carbonyl (C=O) groups excluding carboxylic acids is 2. The first-order valence-electron chi connectivity index (χ1n) is 7.65. The summed E-state index contributed by atoms with van der Waals surface area (Å²) in [5, 5.41) is 7.72. The molecule has 0 spiro atoms. The number of anilines is 1. The van der Waals surface area contributed by atoms with Crippen molar-refractivity contribution in [2.45, 2.75) is 25.8 Å². The van der Waals surface area contributed by atoms with Crippen LogP contribution in [0.1, 0.15) is 18.5 Å². The second-order valence-electron chi connectivity index (χ2n) is 5.75. The molecule has 1 aliphatic rings. The highest BCUT2D eigenvalue weighted by Gasteiger charge is 2.32. The van der Waals surface area contributed by atoms with Crippen molar-refractivity contribution in [3.05, 3.63) is 41.0 Å². The first-order valence-corrected chi connectivity index (χ1v) is 8.03. The van der Waals surface area contributed by atoms with Crippen molar-refractivity contribution < 1.29 is 9.59 Å². The van der Waals surface area contributed by atoms with Crippen molar-refractivity contribution in [1.29, 1.82) is 0 Å². The van der Waals surface area contributed by atoms with Crippen LogP contribution in [0, 0.1) is 6.92 Å². The lowest BCUT2D eigenvalue weighted by atomic mass is 10.2. The number of benzene rings is 1. The highest BCUT2D eigenvalue weighted by atomic mass is 35.5. The van der Waals surface area contributed by atoms with Gasteiger partial charge in [-0.15, -0.1) is 5.10 Å². The summed E-state index contributed by atoms with van der Waals surface area (Å²) in [7, 11) is 0. The van der Waals surface area contributed by atoms with Crippen molar-refractivity contribution in [3.63, 3.8) is 0 Å². The van der Waals surface area contributed by atoms with Gasteiger partial charge in [-0.1, -0.05) is 17.7 Å². The molecule has 2 aromatic rings. The van der Waals surface area contributed by atoms with Gasteiger partial charge in [0.15, 0.2) is 5.82 Å². The lowest BCUT2D eigenvalue weighted by molar-refractivity contribution is -0.121. The van der Waals surface area contributed by atoms with Gasteiger partial charge in [0.25, 0.3) is 0 Å². The van der Waals surface area contributed by atoms with Crippen LogP contribution < -0.4 is 11.1 Å². The van der Waals surface area contributed by atoms with Crippen molar-refractivity contribution in [2.75, 3.05) is 11.9 Å². The summed E-state index contributed by atoms with van der Waals surface area (Å²) < 4.78 is 1.69. The number of carbonyl (C=O) groups is 2. The van der Waals surface area contributed by atoms with Crippen molar-refractivity contribution >= 4 is 29.4 Å². The monoisotopic (exact) mass is 347 g/mol. The summed E-state index contributed by atoms with van der Waals surface area (Å²) in [5.41, 5.74) is 6.99. The molecule has 1 aromatic heterocycles. The number of hydrogen-bond donors (Lipinski definition) is 2. The molecule has 3 amide bonds. The number of nitrogens with zero attached hydrogens (tertiary/aromatic N) is 3. The molecule has 8 heteroatoms. The molecule has 24 heavy (non-hydrogen) atoms. The number of rotatable bonds is 3. The molecule has 1 fully saturated rings. The Kier molecular flexibility index (Phi) is 4.44. The largest absolute Gasteiger partial charge is 0.368 e. The Morgan fingerprint density at radius 1 is 1.38 bits per heavy atom. The first-order chi connectivity index (χ1) is 11.5. The maximum atomic E-state index is 12.4. The number of halogens is 1. The zero-order chi connectivity index (χ0) is 17.3. The Balaban J connectivity index is 1.78. The quantitative estimate of drug-likeness (QED) is 0.892. The molecule has 0 saturated carbocycles. The molecule has 2 heterocycles. The minimum absolute atomic E-state index is 0.368. The molecule has 0 radical (unpaired) electrons. The van der Waals surface area contributed by atoms with Crippen LogP contribution in [0.2, 0.25) is 5.02 Å². The molecule has 7 nitrogen and oxygen atoms in total. The number of nitrogens with one attached hydrogen (secondary N) is 1. The van der Waals surface area contributed by atoms with Crippen molar-refractivity contribution in [1.82, 2.24) is 14.7 Å². The van der Waals surface area contributed by atoms with Gasteiger partial charge in [-0.2, -0.15) is 0 Å². The second kappa shape index (κ2) is 6.52. The Hall–Kier alpha value is -2.54. The Bertz CT molecular complexity index is 789. The smallest absolute Gasteiger partial charge is 0.323 e. The molecular weight excluding hydrogens is 330 g/mol. The number of aromatic nitrogens is 2. The zero-order valence-corrected chi connectivity index (χ0v) is 14.0. The van der Waals surface area contributed by atoms with E-state index in [1.165, 1.54) is 4.90 Å². The van der Waals surface area contributed by atoms with E-state index in [2.05, 4.69) is 10.4 Å². The third-order valence-corrected chi connectivity index (χ3v) is 4.25. The molecule has 126 valence electrons. The van der Waals surface area contributed by atoms with Crippen molar-refractivity contribution in [2.24, 2.45) is 5.73 Å². The summed E-state index contributed by atoms with van der Waals surface area (Å²) in [6, 6.07) is 8.11. The van der Waals surface area contributed by atoms with E-state index in [4.69, 9.17) is 17.3 Å². The third-order valence-electron chi connectivity index (χ3n) is 4.02. The maximum absolute atomic E-state index is 12.4. The number of likely N-dealkylation sites (tertiary alicyclic amines) is 1. The van der Waals surface area contributed by atoms with Gasteiger partial charge in [0.1, 0.15) is 6.04 Å². The zero-order valence-electron chi connectivity index (χ0n) is 13.2. The molecule has 3 rings (SSSR count). The summed E-state index contributed by atoms with van der Waals surface area (Å²) in [6.45, 7) is 2.39. The maximum Gasteiger partial charge on any atom is 0.323 e. The highest BCUT2D eigenvalue weighted by molar-refractivity contribution is 6.30. The van der Waals surface area contributed by atoms with E-state index >= 15 is 0 Å². The molecule has 1 atom stereocenters. The molecule has 1 aliphatic heterocycles. The number of nitrogens with two attached hydrogens (primary N) is 1. The van der Waals surface area contributed by atoms with Gasteiger partial charge in [-0.05, 0) is 38.0 Å². The van der Waals surface area contributed by atoms with Crippen LogP contribution in [0.25, 0.3) is 5.69 Å². The third kappa shape index (κ3) is 3.21. The van der Waals surface area contributed by atoms with E-state index in [0.717, 1.165) is 17.8 Å². The molecule has 1 aromatic carbocycles. The molecule has 1 saturated heterocycles. The van der Waals surface area contributed by atoms with Crippen LogP contribution in [0.15, 0.2) is 30.3 Å². The average molecular weight is 348 g/mol. The predicted molar refractivity (Wildman–Crippen MR) is 91.3 cm³/mol. The van der Waals surface area contributed by atoms with E-state index in [-0.39, 0.29) is 6.03 Å². The van der Waals surface area contributed by atoms with Crippen LogP contribution in [-0.4, -0.2) is 39.2 Å². The molecule has 0 bridgehead atoms. The fourth-order valence-corrected chi connectivity index (χ4v) is 3.08. The average Bonchev–Trinajstić information content (AvgIpc) is 3.14. The van der Waals surface area contributed by atoms with Gasteiger partial charge >= 0.3 is 6.03 Å². The van der Waals surface area contributed by atoms with E-state index < -0.39 is 11.9 Å². The second-order valence-corrected chi connectivity index (χ2v) is 6.18. The van der Waals surface area contributed by atoms with E-state index in [0.29, 0.717) is 23.8 Å². The predicted octanol–water partition coefficient (Wildman–Crippen LogP) is 2.32. The lowest BCUT2D eigenvalue weighted by Gasteiger charge is -2.21. The van der Waals surface area contributed by atoms with Gasteiger partial charge < -0.3 is 10.6 Å². The van der Waals surface area contributed by atoms with Crippen LogP contribution in [0.4, 0.5) is 10.6 Å². The molecule has 0 aliphatic carbocycles. The van der Waals surface area contributed by atoms with Crippen LogP contribution >= 0.6 is 11.6 Å². The minimum Gasteiger partial charge on any atom is -0.368 e. The number of urea groups is 1. The first kappa shape index (κ1) is 16.3. The van der Waals surface area contributed by atoms with E-state index in [1.807, 2.05) is 19.1 Å². The number of hydrogen-bond acceptors (Lipinski definition) is 3. The highest BCUT2D eigenvalue weighted by Crippen LogP contribution is 2.21. The summed E-state index contributed by atoms with van der Waals surface area (Å²) in [6.07, 6.45) is 1.36. The van der Waals surface area contributed by atoms with Gasteiger partial charge in [-0.3, -0.25) is 10.1 Å². The Labute approximate surface area is 144 Å². The van der Waals surface area contributed by atoms with Crippen LogP contribution in [-0.2, 0) is 4.79 Å². The van der Waals surface area contributed by atoms with Gasteiger partial charge in [0.2, 0.25) is 5.91 Å². The van der Waals surface area contributed by atoms with E-state index in [1.54, 1.807) is 22.9 Å².